The number of carbonyl (C=O) groups is 2. The summed E-state index contributed by atoms with van der Waals surface area (Å²) in [6.07, 6.45) is 1.34. The fraction of sp³-hybridized carbons (Fsp3) is 0.391. The van der Waals surface area contributed by atoms with Gasteiger partial charge in [0.15, 0.2) is 6.61 Å². The van der Waals surface area contributed by atoms with Crippen molar-refractivity contribution >= 4 is 39.3 Å². The quantitative estimate of drug-likeness (QED) is 0.497. The van der Waals surface area contributed by atoms with Crippen LogP contribution < -0.4 is 10.1 Å². The van der Waals surface area contributed by atoms with Gasteiger partial charge in [-0.2, -0.15) is 0 Å². The Morgan fingerprint density at radius 2 is 1.87 bits per heavy atom. The van der Waals surface area contributed by atoms with Crippen LogP contribution in [0.2, 0.25) is 5.02 Å². The molecule has 0 unspecified atom stereocenters. The van der Waals surface area contributed by atoms with Crippen molar-refractivity contribution in [1.29, 1.82) is 0 Å². The highest BCUT2D eigenvalue weighted by Crippen LogP contribution is 2.22. The summed E-state index contributed by atoms with van der Waals surface area (Å²) in [5.74, 6) is 0.212. The van der Waals surface area contributed by atoms with E-state index in [4.69, 9.17) is 16.3 Å². The number of nitrogens with zero attached hydrogens (tertiary/aromatic N) is 1. The van der Waals surface area contributed by atoms with E-state index in [0.29, 0.717) is 30.3 Å². The minimum Gasteiger partial charge on any atom is -0.484 e. The van der Waals surface area contributed by atoms with Crippen LogP contribution in [0.15, 0.2) is 46.9 Å². The van der Waals surface area contributed by atoms with E-state index in [0.717, 1.165) is 22.0 Å². The largest absolute Gasteiger partial charge is 0.484 e. The van der Waals surface area contributed by atoms with E-state index in [1.807, 2.05) is 45.0 Å². The Bertz CT molecular complexity index is 858. The molecule has 162 valence electrons. The van der Waals surface area contributed by atoms with Crippen molar-refractivity contribution in [3.63, 3.8) is 0 Å². The van der Waals surface area contributed by atoms with E-state index in [-0.39, 0.29) is 18.4 Å². The van der Waals surface area contributed by atoms with Crippen LogP contribution in [-0.4, -0.2) is 35.9 Å². The first-order chi connectivity index (χ1) is 14.3. The minimum atomic E-state index is -0.574. The molecule has 0 heterocycles. The fourth-order valence-corrected chi connectivity index (χ4v) is 3.38. The first-order valence-corrected chi connectivity index (χ1v) is 11.2. The molecule has 0 aromatic heterocycles. The van der Waals surface area contributed by atoms with Crippen LogP contribution in [0.3, 0.4) is 0 Å². The third kappa shape index (κ3) is 7.03. The maximum atomic E-state index is 13.1. The first-order valence-electron chi connectivity index (χ1n) is 10.1. The second-order valence-corrected chi connectivity index (χ2v) is 8.35. The van der Waals surface area contributed by atoms with Gasteiger partial charge in [-0.3, -0.25) is 9.59 Å². The lowest BCUT2D eigenvalue weighted by molar-refractivity contribution is -0.143. The summed E-state index contributed by atoms with van der Waals surface area (Å²) in [6, 6.07) is 12.3. The highest BCUT2D eigenvalue weighted by Gasteiger charge is 2.28. The number of hydrogen-bond donors (Lipinski definition) is 1. The SMILES string of the molecule is CCCNC(=O)[C@@H](CC)N(Cc1ccc(Cl)cc1)C(=O)COc1ccc(Br)c(C)c1. The molecule has 0 aliphatic heterocycles. The van der Waals surface area contributed by atoms with Crippen molar-refractivity contribution in [2.75, 3.05) is 13.2 Å². The molecule has 1 atom stereocenters. The highest BCUT2D eigenvalue weighted by molar-refractivity contribution is 9.10. The Morgan fingerprint density at radius 1 is 1.17 bits per heavy atom. The maximum absolute atomic E-state index is 13.1. The number of rotatable bonds is 10. The summed E-state index contributed by atoms with van der Waals surface area (Å²) >= 11 is 9.44. The second kappa shape index (κ2) is 12.0. The number of amides is 2. The molecule has 0 aliphatic carbocycles. The van der Waals surface area contributed by atoms with Crippen LogP contribution >= 0.6 is 27.5 Å². The number of nitrogens with one attached hydrogen (secondary N) is 1. The fourth-order valence-electron chi connectivity index (χ4n) is 3.01. The van der Waals surface area contributed by atoms with Crippen molar-refractivity contribution in [1.82, 2.24) is 10.2 Å². The van der Waals surface area contributed by atoms with Gasteiger partial charge in [0.1, 0.15) is 11.8 Å². The normalized spacial score (nSPS) is 11.6. The average molecular weight is 496 g/mol. The van der Waals surface area contributed by atoms with E-state index in [9.17, 15) is 9.59 Å². The van der Waals surface area contributed by atoms with Crippen molar-refractivity contribution in [3.05, 3.63) is 63.1 Å². The van der Waals surface area contributed by atoms with E-state index in [2.05, 4.69) is 21.2 Å². The summed E-state index contributed by atoms with van der Waals surface area (Å²) in [6.45, 7) is 6.58. The molecule has 2 aromatic rings. The van der Waals surface area contributed by atoms with Crippen molar-refractivity contribution < 1.29 is 14.3 Å². The third-order valence-electron chi connectivity index (χ3n) is 4.69. The zero-order valence-electron chi connectivity index (χ0n) is 17.6. The van der Waals surface area contributed by atoms with Crippen LogP contribution in [0, 0.1) is 6.92 Å². The zero-order chi connectivity index (χ0) is 22.1. The zero-order valence-corrected chi connectivity index (χ0v) is 19.9. The number of carbonyl (C=O) groups excluding carboxylic acids is 2. The maximum Gasteiger partial charge on any atom is 0.261 e. The number of benzene rings is 2. The monoisotopic (exact) mass is 494 g/mol. The van der Waals surface area contributed by atoms with Gasteiger partial charge in [0.05, 0.1) is 0 Å². The highest BCUT2D eigenvalue weighted by atomic mass is 79.9. The van der Waals surface area contributed by atoms with Gasteiger partial charge >= 0.3 is 0 Å². The summed E-state index contributed by atoms with van der Waals surface area (Å²) < 4.78 is 6.71. The van der Waals surface area contributed by atoms with Gasteiger partial charge in [-0.1, -0.05) is 53.5 Å². The predicted molar refractivity (Wildman–Crippen MR) is 124 cm³/mol. The van der Waals surface area contributed by atoms with E-state index < -0.39 is 6.04 Å². The lowest BCUT2D eigenvalue weighted by atomic mass is 10.1. The van der Waals surface area contributed by atoms with Gasteiger partial charge < -0.3 is 15.0 Å². The molecule has 2 rings (SSSR count). The number of ether oxygens (including phenoxy) is 1. The van der Waals surface area contributed by atoms with Crippen LogP contribution in [0.25, 0.3) is 0 Å². The van der Waals surface area contributed by atoms with Gasteiger partial charge in [-0.15, -0.1) is 0 Å². The molecule has 1 N–H and O–H groups in total. The Kier molecular flexibility index (Phi) is 9.66. The third-order valence-corrected chi connectivity index (χ3v) is 5.83. The standard InChI is InChI=1S/C23H28BrClN2O3/c1-4-12-26-23(29)21(5-2)27(14-17-6-8-18(25)9-7-17)22(28)15-30-19-10-11-20(24)16(3)13-19/h6-11,13,21H,4-5,12,14-15H2,1-3H3,(H,26,29)/t21-/m1/s1. The van der Waals surface area contributed by atoms with Crippen LogP contribution in [0.4, 0.5) is 0 Å². The van der Waals surface area contributed by atoms with Gasteiger partial charge in [0.25, 0.3) is 5.91 Å². The number of halogens is 2. The van der Waals surface area contributed by atoms with Crippen molar-refractivity contribution in [2.24, 2.45) is 0 Å². The molecule has 30 heavy (non-hydrogen) atoms. The molecule has 5 nitrogen and oxygen atoms in total. The first kappa shape index (κ1) is 24.2. The molecule has 0 radical (unpaired) electrons. The molecule has 0 spiro atoms. The number of aryl methyl sites for hydroxylation is 1. The molecule has 2 amide bonds. The lowest BCUT2D eigenvalue weighted by Gasteiger charge is -2.30. The smallest absolute Gasteiger partial charge is 0.261 e. The van der Waals surface area contributed by atoms with Gasteiger partial charge in [0, 0.05) is 22.6 Å². The minimum absolute atomic E-state index is 0.147. The second-order valence-electron chi connectivity index (χ2n) is 7.06. The molecule has 0 saturated carbocycles. The Labute approximate surface area is 191 Å². The van der Waals surface area contributed by atoms with Crippen LogP contribution in [-0.2, 0) is 16.1 Å². The molecule has 0 aliphatic rings. The van der Waals surface area contributed by atoms with Crippen molar-refractivity contribution in [2.45, 2.75) is 46.2 Å². The van der Waals surface area contributed by atoms with E-state index in [1.165, 1.54) is 0 Å². The van der Waals surface area contributed by atoms with Gasteiger partial charge in [-0.05, 0) is 61.2 Å². The average Bonchev–Trinajstić information content (AvgIpc) is 2.74. The van der Waals surface area contributed by atoms with Crippen molar-refractivity contribution in [3.8, 4) is 5.75 Å². The lowest BCUT2D eigenvalue weighted by Crippen LogP contribution is -2.50. The molecule has 0 saturated heterocycles. The molecular weight excluding hydrogens is 468 g/mol. The van der Waals surface area contributed by atoms with Crippen LogP contribution in [0.5, 0.6) is 5.75 Å². The summed E-state index contributed by atoms with van der Waals surface area (Å²) in [7, 11) is 0. The Balaban J connectivity index is 2.18. The van der Waals surface area contributed by atoms with Gasteiger partial charge in [0.2, 0.25) is 5.91 Å². The summed E-state index contributed by atoms with van der Waals surface area (Å²) in [4.78, 5) is 27.4. The molecule has 7 heteroatoms. The van der Waals surface area contributed by atoms with Gasteiger partial charge in [-0.25, -0.2) is 0 Å². The molecule has 0 bridgehead atoms. The summed E-state index contributed by atoms with van der Waals surface area (Å²) in [5.41, 5.74) is 1.91. The van der Waals surface area contributed by atoms with Crippen LogP contribution in [0.1, 0.15) is 37.8 Å². The Morgan fingerprint density at radius 3 is 2.47 bits per heavy atom. The van der Waals surface area contributed by atoms with E-state index in [1.54, 1.807) is 23.1 Å². The van der Waals surface area contributed by atoms with E-state index >= 15 is 0 Å². The predicted octanol–water partition coefficient (Wildman–Crippen LogP) is 5.12. The summed E-state index contributed by atoms with van der Waals surface area (Å²) in [5, 5.41) is 3.52. The topological polar surface area (TPSA) is 58.6 Å². The Hall–Kier alpha value is -2.05. The number of hydrogen-bond acceptors (Lipinski definition) is 3. The molecule has 2 aromatic carbocycles. The molecule has 0 fully saturated rings. The molecular formula is C23H28BrClN2O3.